The molecule has 4 rings (SSSR count). The van der Waals surface area contributed by atoms with Crippen LogP contribution in [0.25, 0.3) is 21.7 Å². The molecular formula is C22H15BrN2O2S. The van der Waals surface area contributed by atoms with Gasteiger partial charge in [-0.15, -0.1) is 0 Å². The van der Waals surface area contributed by atoms with Crippen molar-refractivity contribution < 1.29 is 9.90 Å². The zero-order chi connectivity index (χ0) is 19.5. The van der Waals surface area contributed by atoms with Crippen molar-refractivity contribution in [3.63, 3.8) is 0 Å². The van der Waals surface area contributed by atoms with Crippen molar-refractivity contribution in [1.82, 2.24) is 4.98 Å². The molecule has 6 heteroatoms. The van der Waals surface area contributed by atoms with Gasteiger partial charge in [0.1, 0.15) is 5.75 Å². The Morgan fingerprint density at radius 2 is 1.57 bits per heavy atom. The van der Waals surface area contributed by atoms with E-state index in [2.05, 4.69) is 26.2 Å². The Morgan fingerprint density at radius 3 is 2.25 bits per heavy atom. The number of phenolic OH excluding ortho intramolecular Hbond substituents is 1. The lowest BCUT2D eigenvalue weighted by molar-refractivity contribution is 0.102. The number of benzene rings is 3. The highest BCUT2D eigenvalue weighted by Crippen LogP contribution is 2.39. The number of anilines is 1. The molecule has 4 aromatic rings. The third kappa shape index (κ3) is 3.83. The Hall–Kier alpha value is -2.96. The van der Waals surface area contributed by atoms with Crippen LogP contribution in [0.5, 0.6) is 5.75 Å². The number of carbonyl (C=O) groups is 1. The topological polar surface area (TPSA) is 62.2 Å². The van der Waals surface area contributed by atoms with Gasteiger partial charge >= 0.3 is 0 Å². The summed E-state index contributed by atoms with van der Waals surface area (Å²) in [6.07, 6.45) is 0. The number of nitrogens with zero attached hydrogens (tertiary/aromatic N) is 1. The summed E-state index contributed by atoms with van der Waals surface area (Å²) < 4.78 is 0.713. The number of rotatable bonds is 4. The Morgan fingerprint density at radius 1 is 0.929 bits per heavy atom. The number of amides is 1. The third-order valence-electron chi connectivity index (χ3n) is 4.13. The Balaban J connectivity index is 1.73. The summed E-state index contributed by atoms with van der Waals surface area (Å²) in [5.41, 5.74) is 3.01. The fourth-order valence-electron chi connectivity index (χ4n) is 2.81. The maximum atomic E-state index is 12.7. The monoisotopic (exact) mass is 450 g/mol. The molecule has 0 unspecified atom stereocenters. The van der Waals surface area contributed by atoms with Crippen LogP contribution in [0.1, 0.15) is 10.4 Å². The van der Waals surface area contributed by atoms with Crippen LogP contribution < -0.4 is 5.32 Å². The lowest BCUT2D eigenvalue weighted by atomic mass is 10.1. The fraction of sp³-hybridized carbons (Fsp3) is 0. The SMILES string of the molecule is O=C(Nc1nc(-c2ccccc2)c(-c2ccccc2)s1)c1cc(Br)ccc1O. The van der Waals surface area contributed by atoms with E-state index in [1.807, 2.05) is 60.7 Å². The number of hydrogen-bond acceptors (Lipinski definition) is 4. The predicted molar refractivity (Wildman–Crippen MR) is 117 cm³/mol. The predicted octanol–water partition coefficient (Wildman–Crippen LogP) is 6.20. The summed E-state index contributed by atoms with van der Waals surface area (Å²) in [6.45, 7) is 0. The molecule has 1 heterocycles. The zero-order valence-electron chi connectivity index (χ0n) is 14.6. The highest BCUT2D eigenvalue weighted by atomic mass is 79.9. The normalized spacial score (nSPS) is 10.6. The fourth-order valence-corrected chi connectivity index (χ4v) is 4.15. The molecule has 4 nitrogen and oxygen atoms in total. The summed E-state index contributed by atoms with van der Waals surface area (Å²) in [7, 11) is 0. The van der Waals surface area contributed by atoms with Crippen LogP contribution >= 0.6 is 27.3 Å². The van der Waals surface area contributed by atoms with Crippen LogP contribution in [-0.4, -0.2) is 16.0 Å². The van der Waals surface area contributed by atoms with E-state index in [9.17, 15) is 9.90 Å². The first kappa shape index (κ1) is 18.4. The smallest absolute Gasteiger partial charge is 0.261 e. The Kier molecular flexibility index (Phi) is 5.23. The van der Waals surface area contributed by atoms with Gasteiger partial charge in [-0.2, -0.15) is 0 Å². The van der Waals surface area contributed by atoms with Gasteiger partial charge in [0.25, 0.3) is 5.91 Å². The summed E-state index contributed by atoms with van der Waals surface area (Å²) >= 11 is 4.73. The molecule has 2 N–H and O–H groups in total. The second-order valence-corrected chi connectivity index (χ2v) is 7.96. The number of aromatic nitrogens is 1. The van der Waals surface area contributed by atoms with Gasteiger partial charge in [0.05, 0.1) is 16.1 Å². The Bertz CT molecular complexity index is 1070. The lowest BCUT2D eigenvalue weighted by Crippen LogP contribution is -2.11. The van der Waals surface area contributed by atoms with Crippen LogP contribution in [0.4, 0.5) is 5.13 Å². The average molecular weight is 451 g/mol. The molecule has 0 saturated carbocycles. The molecule has 0 spiro atoms. The Labute approximate surface area is 174 Å². The molecule has 138 valence electrons. The van der Waals surface area contributed by atoms with Crippen LogP contribution in [0.3, 0.4) is 0 Å². The van der Waals surface area contributed by atoms with Gasteiger partial charge < -0.3 is 5.11 Å². The van der Waals surface area contributed by atoms with Crippen molar-refractivity contribution in [3.05, 3.63) is 88.9 Å². The highest BCUT2D eigenvalue weighted by molar-refractivity contribution is 9.10. The highest BCUT2D eigenvalue weighted by Gasteiger charge is 2.18. The third-order valence-corrected chi connectivity index (χ3v) is 5.65. The minimum atomic E-state index is -0.410. The maximum Gasteiger partial charge on any atom is 0.261 e. The molecule has 0 aliphatic carbocycles. The summed E-state index contributed by atoms with van der Waals surface area (Å²) in [5.74, 6) is -0.490. The number of nitrogens with one attached hydrogen (secondary N) is 1. The molecule has 0 aliphatic rings. The largest absolute Gasteiger partial charge is 0.507 e. The van der Waals surface area contributed by atoms with E-state index in [0.29, 0.717) is 9.60 Å². The molecule has 0 bridgehead atoms. The molecule has 1 aromatic heterocycles. The van der Waals surface area contributed by atoms with Crippen molar-refractivity contribution in [1.29, 1.82) is 0 Å². The number of thiazole rings is 1. The molecular weight excluding hydrogens is 436 g/mol. The number of hydrogen-bond donors (Lipinski definition) is 2. The van der Waals surface area contributed by atoms with Crippen LogP contribution in [0.2, 0.25) is 0 Å². The standard InChI is InChI=1S/C22H15BrN2O2S/c23-16-11-12-18(26)17(13-16)21(27)25-22-24-19(14-7-3-1-4-8-14)20(28-22)15-9-5-2-6-10-15/h1-13,26H,(H,24,25,27). The number of phenols is 1. The molecule has 1 amide bonds. The summed E-state index contributed by atoms with van der Waals surface area (Å²) in [5, 5.41) is 13.3. The van der Waals surface area contributed by atoms with Gasteiger partial charge in [0.2, 0.25) is 0 Å². The van der Waals surface area contributed by atoms with E-state index in [1.165, 1.54) is 17.4 Å². The van der Waals surface area contributed by atoms with Crippen molar-refractivity contribution in [3.8, 4) is 27.4 Å². The molecule has 0 radical (unpaired) electrons. The van der Waals surface area contributed by atoms with E-state index in [1.54, 1.807) is 12.1 Å². The van der Waals surface area contributed by atoms with E-state index in [-0.39, 0.29) is 11.3 Å². The van der Waals surface area contributed by atoms with Crippen molar-refractivity contribution in [2.75, 3.05) is 5.32 Å². The molecule has 0 aliphatic heterocycles. The number of carbonyl (C=O) groups excluding carboxylic acids is 1. The quantitative estimate of drug-likeness (QED) is 0.389. The van der Waals surface area contributed by atoms with Gasteiger partial charge in [-0.25, -0.2) is 4.98 Å². The van der Waals surface area contributed by atoms with Crippen LogP contribution in [0, 0.1) is 0 Å². The second-order valence-electron chi connectivity index (χ2n) is 6.04. The van der Waals surface area contributed by atoms with Gasteiger partial charge in [-0.05, 0) is 23.8 Å². The molecule has 0 fully saturated rings. The summed E-state index contributed by atoms with van der Waals surface area (Å²) in [6, 6.07) is 24.5. The molecule has 0 saturated heterocycles. The van der Waals surface area contributed by atoms with Gasteiger partial charge in [-0.3, -0.25) is 10.1 Å². The maximum absolute atomic E-state index is 12.7. The van der Waals surface area contributed by atoms with Gasteiger partial charge in [-0.1, -0.05) is 87.9 Å². The minimum Gasteiger partial charge on any atom is -0.507 e. The van der Waals surface area contributed by atoms with Crippen molar-refractivity contribution in [2.45, 2.75) is 0 Å². The van der Waals surface area contributed by atoms with Crippen molar-refractivity contribution in [2.24, 2.45) is 0 Å². The zero-order valence-corrected chi connectivity index (χ0v) is 17.0. The van der Waals surface area contributed by atoms with Gasteiger partial charge in [0, 0.05) is 10.0 Å². The average Bonchev–Trinajstić information content (AvgIpc) is 3.15. The molecule has 0 atom stereocenters. The first-order chi connectivity index (χ1) is 13.6. The lowest BCUT2D eigenvalue weighted by Gasteiger charge is -2.04. The van der Waals surface area contributed by atoms with Gasteiger partial charge in [0.15, 0.2) is 5.13 Å². The molecule has 28 heavy (non-hydrogen) atoms. The number of aromatic hydroxyl groups is 1. The second kappa shape index (κ2) is 7.96. The van der Waals surface area contributed by atoms with E-state index in [0.717, 1.165) is 21.7 Å². The van der Waals surface area contributed by atoms with E-state index < -0.39 is 5.91 Å². The van der Waals surface area contributed by atoms with Crippen molar-refractivity contribution >= 4 is 38.3 Å². The molecule has 3 aromatic carbocycles. The van der Waals surface area contributed by atoms with E-state index >= 15 is 0 Å². The minimum absolute atomic E-state index is 0.0798. The first-order valence-electron chi connectivity index (χ1n) is 8.53. The van der Waals surface area contributed by atoms with Crippen LogP contribution in [-0.2, 0) is 0 Å². The summed E-state index contributed by atoms with van der Waals surface area (Å²) in [4.78, 5) is 18.3. The van der Waals surface area contributed by atoms with E-state index in [4.69, 9.17) is 0 Å². The van der Waals surface area contributed by atoms with Crippen LogP contribution in [0.15, 0.2) is 83.3 Å². The first-order valence-corrected chi connectivity index (χ1v) is 10.1. The number of halogens is 1.